The first kappa shape index (κ1) is 85.2. The van der Waals surface area contributed by atoms with Crippen LogP contribution in [0.4, 0.5) is 192 Å². The maximum absolute atomic E-state index is 14.6. The molecule has 0 aliphatic rings. The van der Waals surface area contributed by atoms with Crippen molar-refractivity contribution in [2.45, 2.75) is 74.1 Å². The molecule has 4 nitrogen and oxygen atoms in total. The standard InChI is InChI=1S/C76H34F36N4/c77-65(78,79)45-11-39(12-46(27-45)66(80,81)82)35-9-36(40-13-47(67(83,84)85)28-48(14-40)68(86,87)88)24-61(23-35)115(59-5-7-63(113-33-59)43-19-53(73(101,102)103)31-54(20-43)74(104,105)106)57-1-2-58(4-3-57)116(60-6-8-64(114-34-60)44-21-55(75(107,108)109)32-56(22-44)76(110,111)112)62-25-37(41-15-49(69(89,90)91)29-50(16-41)70(92,93)94)10-38(26-62)42-17-51(71(95,96)97)30-52(18-42)72(98,99)100/h1-34H. The number of anilines is 6. The molecule has 0 aliphatic heterocycles. The molecule has 0 fully saturated rings. The summed E-state index contributed by atoms with van der Waals surface area (Å²) >= 11 is 0. The van der Waals surface area contributed by atoms with Crippen LogP contribution in [0, 0.1) is 0 Å². The number of pyridine rings is 2. The molecule has 0 spiro atoms. The second-order valence-electron chi connectivity index (χ2n) is 25.3. The molecule has 0 amide bonds. The predicted molar refractivity (Wildman–Crippen MR) is 344 cm³/mol. The second kappa shape index (κ2) is 29.3. The number of aromatic nitrogens is 2. The van der Waals surface area contributed by atoms with E-state index in [4.69, 9.17) is 0 Å². The molecular formula is C76H34F36N4. The molecule has 2 heterocycles. The summed E-state index contributed by atoms with van der Waals surface area (Å²) in [6, 6.07) is 7.73. The number of hydrogen-bond donors (Lipinski definition) is 0. The molecule has 610 valence electrons. The molecule has 9 aromatic carbocycles. The summed E-state index contributed by atoms with van der Waals surface area (Å²) in [7, 11) is 0. The first-order valence-electron chi connectivity index (χ1n) is 31.7. The van der Waals surface area contributed by atoms with Crippen molar-refractivity contribution in [3.63, 3.8) is 0 Å². The van der Waals surface area contributed by atoms with Crippen LogP contribution in [0.5, 0.6) is 0 Å². The average Bonchev–Trinajstić information content (AvgIpc) is 0.762. The Kier molecular flexibility index (Phi) is 21.5. The van der Waals surface area contributed by atoms with Crippen molar-refractivity contribution in [3.05, 3.63) is 273 Å². The summed E-state index contributed by atoms with van der Waals surface area (Å²) in [5.74, 6) is 0. The summed E-state index contributed by atoms with van der Waals surface area (Å²) in [5.41, 5.74) is -41.3. The number of halogens is 36. The topological polar surface area (TPSA) is 32.3 Å². The van der Waals surface area contributed by atoms with Crippen LogP contribution in [0.1, 0.15) is 66.8 Å². The van der Waals surface area contributed by atoms with Crippen LogP contribution >= 0.6 is 0 Å². The van der Waals surface area contributed by atoms with E-state index in [1.807, 2.05) is 0 Å². The van der Waals surface area contributed by atoms with Crippen LogP contribution in [0.3, 0.4) is 0 Å². The normalized spacial score (nSPS) is 13.3. The van der Waals surface area contributed by atoms with Crippen LogP contribution in [-0.2, 0) is 74.1 Å². The highest BCUT2D eigenvalue weighted by Gasteiger charge is 2.44. The number of benzene rings is 9. The molecule has 0 saturated heterocycles. The van der Waals surface area contributed by atoms with Gasteiger partial charge in [-0.05, 0) is 239 Å². The van der Waals surface area contributed by atoms with Gasteiger partial charge < -0.3 is 9.80 Å². The van der Waals surface area contributed by atoms with Crippen molar-refractivity contribution in [2.75, 3.05) is 9.80 Å². The molecule has 0 saturated carbocycles. The fourth-order valence-electron chi connectivity index (χ4n) is 11.9. The van der Waals surface area contributed by atoms with Gasteiger partial charge >= 0.3 is 74.1 Å². The molecule has 40 heteroatoms. The Hall–Kier alpha value is -11.6. The third-order valence-corrected chi connectivity index (χ3v) is 17.2. The van der Waals surface area contributed by atoms with Crippen molar-refractivity contribution in [1.29, 1.82) is 0 Å². The quantitative estimate of drug-likeness (QED) is 0.114. The molecular weight excluding hydrogens is 1650 g/mol. The molecule has 0 atom stereocenters. The van der Waals surface area contributed by atoms with Gasteiger partial charge in [-0.3, -0.25) is 9.97 Å². The lowest BCUT2D eigenvalue weighted by atomic mass is 9.93. The molecule has 0 radical (unpaired) electrons. The summed E-state index contributed by atoms with van der Waals surface area (Å²) < 4.78 is 522. The molecule has 2 aromatic heterocycles. The Morgan fingerprint density at radius 1 is 0.147 bits per heavy atom. The van der Waals surface area contributed by atoms with Crippen molar-refractivity contribution in [1.82, 2.24) is 9.97 Å². The molecule has 0 bridgehead atoms. The third kappa shape index (κ3) is 19.1. The summed E-state index contributed by atoms with van der Waals surface area (Å²) in [4.78, 5) is 9.28. The van der Waals surface area contributed by atoms with E-state index < -0.39 is 266 Å². The largest absolute Gasteiger partial charge is 0.416 e. The average molecular weight is 1690 g/mol. The van der Waals surface area contributed by atoms with Crippen molar-refractivity contribution in [3.8, 4) is 67.0 Å². The van der Waals surface area contributed by atoms with Gasteiger partial charge in [-0.25, -0.2) is 0 Å². The Balaban J connectivity index is 1.24. The number of alkyl halides is 36. The van der Waals surface area contributed by atoms with Crippen LogP contribution in [-0.4, -0.2) is 9.97 Å². The van der Waals surface area contributed by atoms with Crippen molar-refractivity contribution >= 4 is 34.1 Å². The van der Waals surface area contributed by atoms with E-state index in [1.54, 1.807) is 0 Å². The highest BCUT2D eigenvalue weighted by molar-refractivity contribution is 5.89. The second-order valence-corrected chi connectivity index (χ2v) is 25.3. The predicted octanol–water partition coefficient (Wildman–Crippen LogP) is 29.6. The number of rotatable bonds is 12. The Morgan fingerprint density at radius 3 is 0.440 bits per heavy atom. The molecule has 0 unspecified atom stereocenters. The van der Waals surface area contributed by atoms with Gasteiger partial charge in [0.25, 0.3) is 0 Å². The Morgan fingerprint density at radius 2 is 0.293 bits per heavy atom. The zero-order valence-electron chi connectivity index (χ0n) is 56.0. The van der Waals surface area contributed by atoms with Crippen LogP contribution in [0.2, 0.25) is 0 Å². The van der Waals surface area contributed by atoms with Crippen LogP contribution in [0.15, 0.2) is 207 Å². The van der Waals surface area contributed by atoms with Gasteiger partial charge in [0, 0.05) is 33.9 Å². The number of nitrogens with zero attached hydrogens (tertiary/aromatic N) is 4. The zero-order chi connectivity index (χ0) is 85.9. The van der Waals surface area contributed by atoms with Gasteiger partial charge in [0.2, 0.25) is 0 Å². The van der Waals surface area contributed by atoms with Crippen LogP contribution < -0.4 is 9.80 Å². The van der Waals surface area contributed by atoms with E-state index in [0.717, 1.165) is 36.4 Å². The minimum atomic E-state index is -5.72. The summed E-state index contributed by atoms with van der Waals surface area (Å²) in [6.07, 6.45) is -66.8. The maximum Gasteiger partial charge on any atom is 0.416 e. The highest BCUT2D eigenvalue weighted by atomic mass is 19.5. The van der Waals surface area contributed by atoms with E-state index in [0.29, 0.717) is 70.7 Å². The van der Waals surface area contributed by atoms with Crippen molar-refractivity contribution in [2.24, 2.45) is 0 Å². The first-order valence-corrected chi connectivity index (χ1v) is 31.7. The number of hydrogen-bond acceptors (Lipinski definition) is 4. The molecule has 0 aliphatic carbocycles. The van der Waals surface area contributed by atoms with Gasteiger partial charge in [0.1, 0.15) is 0 Å². The van der Waals surface area contributed by atoms with E-state index >= 15 is 0 Å². The smallest absolute Gasteiger partial charge is 0.309 e. The fraction of sp³-hybridized carbons (Fsp3) is 0.158. The lowest BCUT2D eigenvalue weighted by Gasteiger charge is -2.29. The zero-order valence-corrected chi connectivity index (χ0v) is 56.0. The molecule has 116 heavy (non-hydrogen) atoms. The fourth-order valence-corrected chi connectivity index (χ4v) is 11.9. The molecule has 0 N–H and O–H groups in total. The Bertz CT molecular complexity index is 4790. The lowest BCUT2D eigenvalue weighted by Crippen LogP contribution is -2.14. The molecule has 11 aromatic rings. The van der Waals surface area contributed by atoms with E-state index in [9.17, 15) is 158 Å². The highest BCUT2D eigenvalue weighted by Crippen LogP contribution is 2.51. The Labute approximate surface area is 624 Å². The van der Waals surface area contributed by atoms with Gasteiger partial charge in [-0.15, -0.1) is 0 Å². The van der Waals surface area contributed by atoms with Crippen LogP contribution in [0.25, 0.3) is 67.0 Å². The lowest BCUT2D eigenvalue weighted by molar-refractivity contribution is -0.144. The minimum absolute atomic E-state index is 0.0193. The third-order valence-electron chi connectivity index (χ3n) is 17.2. The van der Waals surface area contributed by atoms with E-state index in [1.165, 1.54) is 0 Å². The minimum Gasteiger partial charge on any atom is -0.309 e. The SMILES string of the molecule is FC(F)(F)c1cc(-c2cc(-c3cc(C(F)(F)F)cc(C(F)(F)F)c3)cc(N(c3ccc(N(c4ccc(-c5cc(C(F)(F)F)cc(C(F)(F)F)c5)nc4)c4cc(-c5cc(C(F)(F)F)cc(C(F)(F)F)c5)cc(-c5cc(C(F)(F)F)cc(C(F)(F)F)c5)c4)cc3)c3ccc(-c4cc(C(F)(F)F)cc(C(F)(F)F)c4)nc3)c2)cc(C(F)(F)F)c1. The van der Waals surface area contributed by atoms with Gasteiger partial charge in [-0.1, -0.05) is 0 Å². The van der Waals surface area contributed by atoms with Gasteiger partial charge in [-0.2, -0.15) is 158 Å². The summed E-state index contributed by atoms with van der Waals surface area (Å²) in [5, 5.41) is 0. The monoisotopic (exact) mass is 1690 g/mol. The van der Waals surface area contributed by atoms with Gasteiger partial charge in [0.05, 0.1) is 102 Å². The first-order chi connectivity index (χ1) is 53.0. The molecule has 11 rings (SSSR count). The van der Waals surface area contributed by atoms with Crippen molar-refractivity contribution < 1.29 is 158 Å². The maximum atomic E-state index is 14.6. The summed E-state index contributed by atoms with van der Waals surface area (Å²) in [6.45, 7) is 0. The van der Waals surface area contributed by atoms with E-state index in [2.05, 4.69) is 9.97 Å². The van der Waals surface area contributed by atoms with E-state index in [-0.39, 0.29) is 84.9 Å². The van der Waals surface area contributed by atoms with Gasteiger partial charge in [0.15, 0.2) is 0 Å².